The number of ether oxygens (including phenoxy) is 1. The Morgan fingerprint density at radius 2 is 1.94 bits per heavy atom. The highest BCUT2D eigenvalue weighted by molar-refractivity contribution is 5.92. The van der Waals surface area contributed by atoms with E-state index in [-0.39, 0.29) is 18.4 Å². The zero-order valence-corrected chi connectivity index (χ0v) is 21.9. The number of carbonyl (C=O) groups is 3. The summed E-state index contributed by atoms with van der Waals surface area (Å²) in [5.41, 5.74) is 0.596. The first-order valence-corrected chi connectivity index (χ1v) is 12.1. The van der Waals surface area contributed by atoms with E-state index in [1.165, 1.54) is 4.90 Å². The van der Waals surface area contributed by atoms with Crippen molar-refractivity contribution in [2.24, 2.45) is 5.92 Å². The van der Waals surface area contributed by atoms with Crippen molar-refractivity contribution in [1.29, 1.82) is 5.26 Å². The molecule has 1 aromatic carbocycles. The largest absolute Gasteiger partial charge is 0.444 e. The fourth-order valence-corrected chi connectivity index (χ4v) is 3.53. The highest BCUT2D eigenvalue weighted by Crippen LogP contribution is 2.25. The Labute approximate surface area is 209 Å². The predicted octanol–water partition coefficient (Wildman–Crippen LogP) is 4.58. The minimum atomic E-state index is -1.05. The minimum Gasteiger partial charge on any atom is -0.444 e. The Kier molecular flexibility index (Phi) is 12.0. The highest BCUT2D eigenvalue weighted by atomic mass is 16.6. The lowest BCUT2D eigenvalue weighted by atomic mass is 9.98. The van der Waals surface area contributed by atoms with E-state index < -0.39 is 29.7 Å². The molecule has 1 rings (SSSR count). The summed E-state index contributed by atoms with van der Waals surface area (Å²) in [6.07, 6.45) is 2.92. The van der Waals surface area contributed by atoms with Crippen molar-refractivity contribution in [2.45, 2.75) is 78.5 Å². The molecule has 192 valence electrons. The first kappa shape index (κ1) is 29.7. The van der Waals surface area contributed by atoms with Gasteiger partial charge in [0.25, 0.3) is 0 Å². The van der Waals surface area contributed by atoms with Gasteiger partial charge in [0.05, 0.1) is 6.07 Å². The summed E-state index contributed by atoms with van der Waals surface area (Å²) in [7, 11) is 0. The molecule has 2 unspecified atom stereocenters. The number of unbranched alkanes of at least 4 members (excludes halogenated alkanes) is 1. The van der Waals surface area contributed by atoms with E-state index in [2.05, 4.69) is 17.2 Å². The SMILES string of the molecule is C=Cc1cccc(C(C(=O)NCCCC)N(CC#N)C(=O)C(CC(C)C)NC(=O)OC(C)(C)C)c1. The van der Waals surface area contributed by atoms with Gasteiger partial charge in [0.1, 0.15) is 24.2 Å². The van der Waals surface area contributed by atoms with E-state index in [1.54, 1.807) is 45.0 Å². The van der Waals surface area contributed by atoms with E-state index >= 15 is 0 Å². The van der Waals surface area contributed by atoms with Gasteiger partial charge < -0.3 is 20.3 Å². The number of amides is 3. The molecule has 0 aliphatic carbocycles. The van der Waals surface area contributed by atoms with Gasteiger partial charge in [-0.25, -0.2) is 4.79 Å². The first-order chi connectivity index (χ1) is 16.4. The van der Waals surface area contributed by atoms with Gasteiger partial charge in [-0.2, -0.15) is 5.26 Å². The molecule has 0 fully saturated rings. The number of hydrogen-bond acceptors (Lipinski definition) is 5. The van der Waals surface area contributed by atoms with Crippen LogP contribution in [0.15, 0.2) is 30.8 Å². The number of alkyl carbamates (subject to hydrolysis) is 1. The molecule has 8 nitrogen and oxygen atoms in total. The molecule has 0 spiro atoms. The van der Waals surface area contributed by atoms with Crippen LogP contribution >= 0.6 is 0 Å². The number of nitrogens with one attached hydrogen (secondary N) is 2. The van der Waals surface area contributed by atoms with Crippen LogP contribution in [0.1, 0.15) is 78.0 Å². The molecule has 0 aromatic heterocycles. The molecule has 8 heteroatoms. The summed E-state index contributed by atoms with van der Waals surface area (Å²) in [6.45, 7) is 15.0. The zero-order valence-electron chi connectivity index (χ0n) is 21.9. The Morgan fingerprint density at radius 3 is 2.49 bits per heavy atom. The number of nitrogens with zero attached hydrogens (tertiary/aromatic N) is 2. The third-order valence-electron chi connectivity index (χ3n) is 5.07. The molecule has 0 aliphatic rings. The smallest absolute Gasteiger partial charge is 0.408 e. The lowest BCUT2D eigenvalue weighted by molar-refractivity contribution is -0.142. The van der Waals surface area contributed by atoms with Crippen molar-refractivity contribution < 1.29 is 19.1 Å². The molecule has 35 heavy (non-hydrogen) atoms. The molecule has 0 bridgehead atoms. The highest BCUT2D eigenvalue weighted by Gasteiger charge is 2.36. The molecule has 0 saturated carbocycles. The molecule has 0 saturated heterocycles. The van der Waals surface area contributed by atoms with Gasteiger partial charge in [0.15, 0.2) is 0 Å². The second kappa shape index (κ2) is 14.1. The van der Waals surface area contributed by atoms with Crippen LogP contribution in [0.25, 0.3) is 6.08 Å². The van der Waals surface area contributed by atoms with Crippen molar-refractivity contribution in [3.05, 3.63) is 42.0 Å². The van der Waals surface area contributed by atoms with Gasteiger partial charge >= 0.3 is 6.09 Å². The van der Waals surface area contributed by atoms with Gasteiger partial charge in [0.2, 0.25) is 11.8 Å². The summed E-state index contributed by atoms with van der Waals surface area (Å²) in [6, 6.07) is 7.13. The van der Waals surface area contributed by atoms with Gasteiger partial charge in [0, 0.05) is 6.54 Å². The van der Waals surface area contributed by atoms with Gasteiger partial charge in [-0.1, -0.05) is 58.0 Å². The van der Waals surface area contributed by atoms with Crippen molar-refractivity contribution in [3.63, 3.8) is 0 Å². The summed E-state index contributed by atoms with van der Waals surface area (Å²) < 4.78 is 5.35. The Balaban J connectivity index is 3.44. The number of hydrogen-bond donors (Lipinski definition) is 2. The molecule has 2 N–H and O–H groups in total. The quantitative estimate of drug-likeness (QED) is 0.333. The normalized spacial score (nSPS) is 12.7. The third kappa shape index (κ3) is 10.2. The van der Waals surface area contributed by atoms with Crippen LogP contribution in [0.2, 0.25) is 0 Å². The number of rotatable bonds is 12. The Bertz CT molecular complexity index is 914. The molecule has 2 atom stereocenters. The summed E-state index contributed by atoms with van der Waals surface area (Å²) in [5.74, 6) is -0.849. The molecular weight excluding hydrogens is 444 g/mol. The lowest BCUT2D eigenvalue weighted by Gasteiger charge is -2.33. The van der Waals surface area contributed by atoms with Crippen LogP contribution in [-0.4, -0.2) is 47.5 Å². The summed E-state index contributed by atoms with van der Waals surface area (Å²) in [5, 5.41) is 15.1. The van der Waals surface area contributed by atoms with E-state index in [0.717, 1.165) is 18.4 Å². The maximum atomic E-state index is 13.8. The maximum Gasteiger partial charge on any atom is 0.408 e. The van der Waals surface area contributed by atoms with E-state index in [4.69, 9.17) is 4.74 Å². The maximum absolute atomic E-state index is 13.8. The van der Waals surface area contributed by atoms with Crippen LogP contribution in [0.4, 0.5) is 4.79 Å². The van der Waals surface area contributed by atoms with Crippen molar-refractivity contribution in [3.8, 4) is 6.07 Å². The summed E-state index contributed by atoms with van der Waals surface area (Å²) in [4.78, 5) is 40.9. The molecule has 1 aromatic rings. The standard InChI is InChI=1S/C27H40N4O4/c1-8-10-15-29-24(32)23(21-13-11-12-20(9-2)18-21)31(16-14-28)25(33)22(17-19(3)4)30-26(34)35-27(5,6)7/h9,11-13,18-19,22-23H,2,8,10,15-17H2,1,3-7H3,(H,29,32)(H,30,34). The second-order valence-corrected chi connectivity index (χ2v) is 9.87. The van der Waals surface area contributed by atoms with Crippen LogP contribution in [-0.2, 0) is 14.3 Å². The van der Waals surface area contributed by atoms with Gasteiger partial charge in [-0.15, -0.1) is 0 Å². The van der Waals surface area contributed by atoms with E-state index in [9.17, 15) is 19.6 Å². The van der Waals surface area contributed by atoms with Crippen LogP contribution in [0.5, 0.6) is 0 Å². The average molecular weight is 485 g/mol. The molecule has 0 aliphatic heterocycles. The second-order valence-electron chi connectivity index (χ2n) is 9.87. The topological polar surface area (TPSA) is 112 Å². The lowest BCUT2D eigenvalue weighted by Crippen LogP contribution is -2.53. The summed E-state index contributed by atoms with van der Waals surface area (Å²) >= 11 is 0. The third-order valence-corrected chi connectivity index (χ3v) is 5.07. The molecule has 0 heterocycles. The van der Waals surface area contributed by atoms with Crippen molar-refractivity contribution in [2.75, 3.05) is 13.1 Å². The number of carbonyl (C=O) groups excluding carboxylic acids is 3. The van der Waals surface area contributed by atoms with Crippen LogP contribution < -0.4 is 10.6 Å². The number of nitriles is 1. The van der Waals surface area contributed by atoms with E-state index in [0.29, 0.717) is 18.5 Å². The van der Waals surface area contributed by atoms with Crippen molar-refractivity contribution >= 4 is 24.0 Å². The minimum absolute atomic E-state index is 0.0590. The first-order valence-electron chi connectivity index (χ1n) is 12.1. The Hall–Kier alpha value is -3.34. The van der Waals surface area contributed by atoms with Gasteiger partial charge in [-0.3, -0.25) is 9.59 Å². The van der Waals surface area contributed by atoms with Crippen LogP contribution in [0.3, 0.4) is 0 Å². The molecular formula is C27H40N4O4. The fraction of sp³-hybridized carbons (Fsp3) is 0.556. The molecule has 3 amide bonds. The monoisotopic (exact) mass is 484 g/mol. The van der Waals surface area contributed by atoms with Crippen LogP contribution in [0, 0.1) is 17.2 Å². The van der Waals surface area contributed by atoms with Gasteiger partial charge in [-0.05, 0) is 56.7 Å². The fourth-order valence-electron chi connectivity index (χ4n) is 3.53. The van der Waals surface area contributed by atoms with Crippen molar-refractivity contribution in [1.82, 2.24) is 15.5 Å². The molecule has 0 radical (unpaired) electrons. The number of benzene rings is 1. The average Bonchev–Trinajstić information content (AvgIpc) is 2.76. The van der Waals surface area contributed by atoms with E-state index in [1.807, 2.05) is 32.9 Å². The predicted molar refractivity (Wildman–Crippen MR) is 137 cm³/mol. The Morgan fingerprint density at radius 1 is 1.26 bits per heavy atom. The zero-order chi connectivity index (χ0) is 26.6.